The van der Waals surface area contributed by atoms with Gasteiger partial charge >= 0.3 is 0 Å². The molecule has 0 aliphatic carbocycles. The standard InChI is InChI=1S/C19H18ClN5O/c1-10-3-4-11(20)9-14(10)18-24-15(13-6-8-23-17(13)25-18)12-5-7-22-16(12)19(26)21-2/h3-5,7,9,22H,6,8H2,1-2H3,(H,21,26)(H,23,24,25). The first-order valence-electron chi connectivity index (χ1n) is 8.39. The van der Waals surface area contributed by atoms with Crippen LogP contribution >= 0.6 is 11.6 Å². The van der Waals surface area contributed by atoms with E-state index < -0.39 is 0 Å². The van der Waals surface area contributed by atoms with E-state index in [9.17, 15) is 4.79 Å². The van der Waals surface area contributed by atoms with Crippen molar-refractivity contribution in [1.29, 1.82) is 0 Å². The van der Waals surface area contributed by atoms with Crippen molar-refractivity contribution >= 4 is 23.3 Å². The first-order chi connectivity index (χ1) is 12.6. The van der Waals surface area contributed by atoms with E-state index >= 15 is 0 Å². The molecule has 1 aliphatic rings. The molecule has 1 aromatic carbocycles. The summed E-state index contributed by atoms with van der Waals surface area (Å²) >= 11 is 6.18. The summed E-state index contributed by atoms with van der Waals surface area (Å²) in [6, 6.07) is 7.55. The zero-order chi connectivity index (χ0) is 18.3. The van der Waals surface area contributed by atoms with Crippen molar-refractivity contribution in [2.75, 3.05) is 18.9 Å². The van der Waals surface area contributed by atoms with Crippen LogP contribution in [-0.4, -0.2) is 34.5 Å². The van der Waals surface area contributed by atoms with Crippen molar-refractivity contribution in [2.45, 2.75) is 13.3 Å². The van der Waals surface area contributed by atoms with E-state index in [0.717, 1.165) is 46.7 Å². The zero-order valence-electron chi connectivity index (χ0n) is 14.5. The van der Waals surface area contributed by atoms with Gasteiger partial charge < -0.3 is 15.6 Å². The van der Waals surface area contributed by atoms with Crippen molar-refractivity contribution in [1.82, 2.24) is 20.3 Å². The van der Waals surface area contributed by atoms with Gasteiger partial charge in [0.2, 0.25) is 0 Å². The highest BCUT2D eigenvalue weighted by molar-refractivity contribution is 6.30. The van der Waals surface area contributed by atoms with Crippen LogP contribution in [0.4, 0.5) is 5.82 Å². The summed E-state index contributed by atoms with van der Waals surface area (Å²) in [5.41, 5.74) is 4.99. The summed E-state index contributed by atoms with van der Waals surface area (Å²) < 4.78 is 0. The number of nitrogens with zero attached hydrogens (tertiary/aromatic N) is 2. The van der Waals surface area contributed by atoms with Crippen molar-refractivity contribution in [3.05, 3.63) is 52.3 Å². The van der Waals surface area contributed by atoms with Gasteiger partial charge in [-0.15, -0.1) is 0 Å². The predicted molar refractivity (Wildman–Crippen MR) is 103 cm³/mol. The van der Waals surface area contributed by atoms with Gasteiger partial charge in [-0.25, -0.2) is 9.97 Å². The van der Waals surface area contributed by atoms with E-state index in [4.69, 9.17) is 21.6 Å². The third-order valence-corrected chi connectivity index (χ3v) is 4.81. The van der Waals surface area contributed by atoms with Gasteiger partial charge in [0.05, 0.1) is 5.69 Å². The molecule has 0 atom stereocenters. The highest BCUT2D eigenvalue weighted by atomic mass is 35.5. The third-order valence-electron chi connectivity index (χ3n) is 4.57. The lowest BCUT2D eigenvalue weighted by Crippen LogP contribution is -2.19. The van der Waals surface area contributed by atoms with Gasteiger partial charge in [0.25, 0.3) is 5.91 Å². The Morgan fingerprint density at radius 2 is 2.08 bits per heavy atom. The molecule has 4 rings (SSSR count). The summed E-state index contributed by atoms with van der Waals surface area (Å²) in [7, 11) is 1.61. The first-order valence-corrected chi connectivity index (χ1v) is 8.77. The van der Waals surface area contributed by atoms with Crippen LogP contribution in [0.1, 0.15) is 21.6 Å². The molecule has 2 aromatic heterocycles. The van der Waals surface area contributed by atoms with E-state index in [1.54, 1.807) is 13.2 Å². The molecule has 1 aliphatic heterocycles. The molecule has 6 nitrogen and oxygen atoms in total. The SMILES string of the molecule is CNC(=O)c1[nH]ccc1-c1nc(-c2cc(Cl)ccc2C)nc2c1CCN2. The average molecular weight is 368 g/mol. The molecule has 0 saturated heterocycles. The van der Waals surface area contributed by atoms with Gasteiger partial charge in [0, 0.05) is 41.5 Å². The first kappa shape index (κ1) is 16.6. The Morgan fingerprint density at radius 3 is 2.88 bits per heavy atom. The monoisotopic (exact) mass is 367 g/mol. The number of rotatable bonds is 3. The summed E-state index contributed by atoms with van der Waals surface area (Å²) in [5, 5.41) is 6.61. The number of benzene rings is 1. The van der Waals surface area contributed by atoms with Gasteiger partial charge in [-0.1, -0.05) is 17.7 Å². The van der Waals surface area contributed by atoms with Crippen LogP contribution in [0, 0.1) is 6.92 Å². The summed E-state index contributed by atoms with van der Waals surface area (Å²) in [6.45, 7) is 2.80. The Bertz CT molecular complexity index is 1010. The van der Waals surface area contributed by atoms with Crippen LogP contribution < -0.4 is 10.6 Å². The van der Waals surface area contributed by atoms with E-state index in [1.165, 1.54) is 0 Å². The number of anilines is 1. The topological polar surface area (TPSA) is 82.7 Å². The molecule has 132 valence electrons. The van der Waals surface area contributed by atoms with Crippen LogP contribution in [0.5, 0.6) is 0 Å². The number of hydrogen-bond donors (Lipinski definition) is 3. The molecule has 3 N–H and O–H groups in total. The molecule has 0 spiro atoms. The second-order valence-electron chi connectivity index (χ2n) is 6.20. The Balaban J connectivity index is 1.94. The number of nitrogens with one attached hydrogen (secondary N) is 3. The number of carbonyl (C=O) groups excluding carboxylic acids is 1. The fraction of sp³-hybridized carbons (Fsp3) is 0.211. The maximum absolute atomic E-state index is 12.2. The molecule has 0 saturated carbocycles. The molecular weight excluding hydrogens is 350 g/mol. The molecule has 7 heteroatoms. The lowest BCUT2D eigenvalue weighted by Gasteiger charge is -2.12. The number of halogens is 1. The molecule has 3 aromatic rings. The number of aromatic nitrogens is 3. The second-order valence-corrected chi connectivity index (χ2v) is 6.64. The molecule has 0 radical (unpaired) electrons. The number of aryl methyl sites for hydroxylation is 1. The summed E-state index contributed by atoms with van der Waals surface area (Å²) in [6.07, 6.45) is 2.57. The molecule has 0 fully saturated rings. The maximum Gasteiger partial charge on any atom is 0.268 e. The molecule has 3 heterocycles. The van der Waals surface area contributed by atoms with Crippen LogP contribution in [-0.2, 0) is 6.42 Å². The Kier molecular flexibility index (Phi) is 4.12. The fourth-order valence-electron chi connectivity index (χ4n) is 3.23. The maximum atomic E-state index is 12.2. The van der Waals surface area contributed by atoms with E-state index in [-0.39, 0.29) is 5.91 Å². The quantitative estimate of drug-likeness (QED) is 0.662. The lowest BCUT2D eigenvalue weighted by atomic mass is 10.0. The van der Waals surface area contributed by atoms with Gasteiger partial charge in [0.1, 0.15) is 11.5 Å². The van der Waals surface area contributed by atoms with E-state index in [2.05, 4.69) is 15.6 Å². The van der Waals surface area contributed by atoms with Crippen molar-refractivity contribution in [3.8, 4) is 22.6 Å². The van der Waals surface area contributed by atoms with Crippen molar-refractivity contribution in [3.63, 3.8) is 0 Å². The average Bonchev–Trinajstić information content (AvgIpc) is 3.31. The smallest absolute Gasteiger partial charge is 0.268 e. The molecule has 1 amide bonds. The van der Waals surface area contributed by atoms with Crippen LogP contribution in [0.15, 0.2) is 30.5 Å². The van der Waals surface area contributed by atoms with Crippen LogP contribution in [0.2, 0.25) is 5.02 Å². The molecular formula is C19H18ClN5O. The van der Waals surface area contributed by atoms with Gasteiger partial charge in [0.15, 0.2) is 5.82 Å². The van der Waals surface area contributed by atoms with Gasteiger partial charge in [-0.2, -0.15) is 0 Å². The minimum atomic E-state index is -0.177. The van der Waals surface area contributed by atoms with Crippen LogP contribution in [0.25, 0.3) is 22.6 Å². The number of hydrogen-bond acceptors (Lipinski definition) is 4. The number of fused-ring (bicyclic) bond motifs is 1. The minimum absolute atomic E-state index is 0.177. The summed E-state index contributed by atoms with van der Waals surface area (Å²) in [4.78, 5) is 24.7. The van der Waals surface area contributed by atoms with Crippen molar-refractivity contribution < 1.29 is 4.79 Å². The van der Waals surface area contributed by atoms with Gasteiger partial charge in [-0.05, 0) is 37.1 Å². The Labute approximate surface area is 156 Å². The lowest BCUT2D eigenvalue weighted by molar-refractivity contribution is 0.0959. The van der Waals surface area contributed by atoms with Crippen molar-refractivity contribution in [2.24, 2.45) is 0 Å². The Morgan fingerprint density at radius 1 is 1.23 bits per heavy atom. The summed E-state index contributed by atoms with van der Waals surface area (Å²) in [5.74, 6) is 1.23. The highest BCUT2D eigenvalue weighted by Crippen LogP contribution is 2.35. The molecule has 26 heavy (non-hydrogen) atoms. The zero-order valence-corrected chi connectivity index (χ0v) is 15.2. The van der Waals surface area contributed by atoms with Crippen LogP contribution in [0.3, 0.4) is 0 Å². The normalized spacial score (nSPS) is 12.6. The largest absolute Gasteiger partial charge is 0.369 e. The van der Waals surface area contributed by atoms with E-state index in [0.29, 0.717) is 16.5 Å². The molecule has 0 bridgehead atoms. The number of H-pyrrole nitrogens is 1. The number of carbonyl (C=O) groups is 1. The molecule has 0 unspecified atom stereocenters. The Hall–Kier alpha value is -2.86. The third kappa shape index (κ3) is 2.72. The predicted octanol–water partition coefficient (Wildman–Crippen LogP) is 3.43. The fourth-order valence-corrected chi connectivity index (χ4v) is 3.40. The second kappa shape index (κ2) is 6.46. The van der Waals surface area contributed by atoms with Gasteiger partial charge in [-0.3, -0.25) is 4.79 Å². The van der Waals surface area contributed by atoms with E-state index in [1.807, 2.05) is 31.2 Å². The number of amides is 1. The minimum Gasteiger partial charge on any atom is -0.369 e. The number of aromatic amines is 1. The highest BCUT2D eigenvalue weighted by Gasteiger charge is 2.24.